The lowest BCUT2D eigenvalue weighted by atomic mass is 10.1. The van der Waals surface area contributed by atoms with E-state index in [1.54, 1.807) is 6.08 Å². The summed E-state index contributed by atoms with van der Waals surface area (Å²) < 4.78 is 0. The molecule has 0 radical (unpaired) electrons. The van der Waals surface area contributed by atoms with E-state index in [-0.39, 0.29) is 10.8 Å². The normalized spacial score (nSPS) is 12.1. The predicted molar refractivity (Wildman–Crippen MR) is 132 cm³/mol. The summed E-state index contributed by atoms with van der Waals surface area (Å²) in [6.07, 6.45) is 3.54. The molecule has 3 rings (SSSR count). The number of rotatable bonds is 7. The number of ketones is 1. The Morgan fingerprint density at radius 2 is 1.23 bits per heavy atom. The minimum atomic E-state index is -2.34. The van der Waals surface area contributed by atoms with Crippen LogP contribution in [0.1, 0.15) is 26.3 Å². The third-order valence-corrected chi connectivity index (χ3v) is 12.0. The molecule has 0 heterocycles. The molecule has 2 heteroatoms. The number of benzene rings is 3. The van der Waals surface area contributed by atoms with Gasteiger partial charge in [0.15, 0.2) is 5.78 Å². The third kappa shape index (κ3) is 4.60. The van der Waals surface area contributed by atoms with Crippen molar-refractivity contribution in [1.82, 2.24) is 0 Å². The van der Waals surface area contributed by atoms with E-state index in [1.807, 2.05) is 36.4 Å². The summed E-state index contributed by atoms with van der Waals surface area (Å²) in [5, 5.41) is 2.68. The van der Waals surface area contributed by atoms with Gasteiger partial charge in [0.2, 0.25) is 0 Å². The second-order valence-corrected chi connectivity index (χ2v) is 13.6. The van der Waals surface area contributed by atoms with Crippen LogP contribution < -0.4 is 10.4 Å². The van der Waals surface area contributed by atoms with Crippen molar-refractivity contribution in [3.8, 4) is 0 Å². The highest BCUT2D eigenvalue weighted by molar-refractivity contribution is 7.04. The predicted octanol–water partition coefficient (Wildman–Crippen LogP) is 5.89. The molecule has 0 bridgehead atoms. The maximum Gasteiger partial charge on any atom is 0.180 e. The van der Waals surface area contributed by atoms with Crippen molar-refractivity contribution in [2.45, 2.75) is 31.9 Å². The summed E-state index contributed by atoms with van der Waals surface area (Å²) in [5.41, 5.74) is 1.69. The van der Waals surface area contributed by atoms with E-state index in [1.165, 1.54) is 10.4 Å². The van der Waals surface area contributed by atoms with Crippen LogP contribution in [0.4, 0.5) is 0 Å². The maximum atomic E-state index is 13.0. The summed E-state index contributed by atoms with van der Waals surface area (Å²) >= 11 is 0. The van der Waals surface area contributed by atoms with Crippen LogP contribution in [0.5, 0.6) is 0 Å². The van der Waals surface area contributed by atoms with Gasteiger partial charge in [-0.2, -0.15) is 0 Å². The molecular formula is C28H30OSi. The van der Waals surface area contributed by atoms with Crippen LogP contribution in [0.15, 0.2) is 109 Å². The van der Waals surface area contributed by atoms with Crippen molar-refractivity contribution in [2.24, 2.45) is 0 Å². The van der Waals surface area contributed by atoms with Crippen molar-refractivity contribution in [1.29, 1.82) is 0 Å². The van der Waals surface area contributed by atoms with Crippen LogP contribution in [0.25, 0.3) is 6.08 Å². The van der Waals surface area contributed by atoms with Gasteiger partial charge in [-0.3, -0.25) is 4.79 Å². The van der Waals surface area contributed by atoms with Gasteiger partial charge in [-0.25, -0.2) is 0 Å². The first-order valence-electron chi connectivity index (χ1n) is 10.4. The fourth-order valence-electron chi connectivity index (χ4n) is 4.21. The Bertz CT molecular complexity index is 973. The molecule has 152 valence electrons. The molecule has 0 aromatic heterocycles. The molecule has 0 aliphatic heterocycles. The first-order chi connectivity index (χ1) is 14.3. The zero-order valence-corrected chi connectivity index (χ0v) is 19.1. The average Bonchev–Trinajstić information content (AvgIpc) is 2.76. The minimum absolute atomic E-state index is 0.00205. The van der Waals surface area contributed by atoms with Crippen LogP contribution in [0.3, 0.4) is 0 Å². The Kier molecular flexibility index (Phi) is 6.68. The molecule has 0 fully saturated rings. The van der Waals surface area contributed by atoms with Gasteiger partial charge < -0.3 is 0 Å². The first-order valence-corrected chi connectivity index (χ1v) is 12.6. The molecule has 1 nitrogen and oxygen atoms in total. The standard InChI is InChI=1S/C28H30OSi/c1-23(27(29)21-20-24-14-8-5-9-15-24)22-30(28(2,3)4,25-16-10-6-11-17-25)26-18-12-7-13-19-26/h5-21H,1,22H2,2-4H3/b21-20+. The van der Waals surface area contributed by atoms with Crippen LogP contribution in [0.2, 0.25) is 11.1 Å². The molecular weight excluding hydrogens is 380 g/mol. The Labute approximate surface area is 181 Å². The average molecular weight is 411 g/mol. The quantitative estimate of drug-likeness (QED) is 0.351. The van der Waals surface area contributed by atoms with Gasteiger partial charge in [-0.1, -0.05) is 135 Å². The fraction of sp³-hybridized carbons (Fsp3) is 0.179. The number of allylic oxidation sites excluding steroid dienone is 2. The fourth-order valence-corrected chi connectivity index (χ4v) is 9.55. The van der Waals surface area contributed by atoms with Crippen LogP contribution >= 0.6 is 0 Å². The Hall–Kier alpha value is -2.97. The van der Waals surface area contributed by atoms with E-state index in [0.29, 0.717) is 11.6 Å². The molecule has 0 saturated carbocycles. The molecule has 0 aliphatic rings. The zero-order valence-electron chi connectivity index (χ0n) is 18.1. The molecule has 30 heavy (non-hydrogen) atoms. The molecule has 0 aliphatic carbocycles. The van der Waals surface area contributed by atoms with Crippen LogP contribution in [0, 0.1) is 0 Å². The SMILES string of the molecule is C=C(C[Si](c1ccccc1)(c1ccccc1)C(C)(C)C)C(=O)/C=C/c1ccccc1. The van der Waals surface area contributed by atoms with Crippen molar-refractivity contribution in [2.75, 3.05) is 0 Å². The molecule has 0 atom stereocenters. The summed E-state index contributed by atoms with van der Waals surface area (Å²) in [6.45, 7) is 11.2. The molecule has 0 spiro atoms. The smallest absolute Gasteiger partial charge is 0.180 e. The lowest BCUT2D eigenvalue weighted by molar-refractivity contribution is -0.111. The summed E-state index contributed by atoms with van der Waals surface area (Å²) in [4.78, 5) is 13.0. The van der Waals surface area contributed by atoms with Crippen molar-refractivity contribution in [3.63, 3.8) is 0 Å². The van der Waals surface area contributed by atoms with Gasteiger partial charge in [0, 0.05) is 0 Å². The van der Waals surface area contributed by atoms with Gasteiger partial charge in [0.25, 0.3) is 0 Å². The van der Waals surface area contributed by atoms with Gasteiger partial charge in [0.05, 0.1) is 0 Å². The van der Waals surface area contributed by atoms with E-state index >= 15 is 0 Å². The molecule has 0 unspecified atom stereocenters. The Morgan fingerprint density at radius 1 is 0.800 bits per heavy atom. The lowest BCUT2D eigenvalue weighted by Gasteiger charge is -2.44. The monoisotopic (exact) mass is 410 g/mol. The van der Waals surface area contributed by atoms with Gasteiger partial charge in [-0.05, 0) is 28.3 Å². The lowest BCUT2D eigenvalue weighted by Crippen LogP contribution is -2.64. The van der Waals surface area contributed by atoms with Crippen molar-refractivity contribution < 1.29 is 4.79 Å². The zero-order chi connectivity index (χ0) is 21.6. The van der Waals surface area contributed by atoms with E-state index in [0.717, 1.165) is 5.56 Å². The highest BCUT2D eigenvalue weighted by Gasteiger charge is 2.47. The maximum absolute atomic E-state index is 13.0. The molecule has 0 N–H and O–H groups in total. The molecule has 3 aromatic rings. The summed E-state index contributed by atoms with van der Waals surface area (Å²) in [6, 6.07) is 32.0. The number of carbonyl (C=O) groups excluding carboxylic acids is 1. The molecule has 3 aromatic carbocycles. The Balaban J connectivity index is 2.02. The second-order valence-electron chi connectivity index (χ2n) is 8.78. The van der Waals surface area contributed by atoms with Crippen LogP contribution in [-0.4, -0.2) is 13.9 Å². The van der Waals surface area contributed by atoms with Gasteiger partial charge >= 0.3 is 0 Å². The number of hydrogen-bond acceptors (Lipinski definition) is 1. The second kappa shape index (κ2) is 9.23. The first kappa shape index (κ1) is 21.7. The van der Waals surface area contributed by atoms with Gasteiger partial charge in [0.1, 0.15) is 8.07 Å². The Morgan fingerprint density at radius 3 is 1.67 bits per heavy atom. The number of carbonyl (C=O) groups is 1. The molecule has 0 amide bonds. The number of hydrogen-bond donors (Lipinski definition) is 0. The van der Waals surface area contributed by atoms with E-state index in [9.17, 15) is 4.79 Å². The topological polar surface area (TPSA) is 17.1 Å². The highest BCUT2D eigenvalue weighted by atomic mass is 28.3. The van der Waals surface area contributed by atoms with Crippen molar-refractivity contribution in [3.05, 3.63) is 115 Å². The van der Waals surface area contributed by atoms with Gasteiger partial charge in [-0.15, -0.1) is 0 Å². The van der Waals surface area contributed by atoms with Crippen LogP contribution in [-0.2, 0) is 4.79 Å². The van der Waals surface area contributed by atoms with E-state index < -0.39 is 8.07 Å². The summed E-state index contributed by atoms with van der Waals surface area (Å²) in [5.74, 6) is 0.00633. The minimum Gasteiger partial charge on any atom is -0.290 e. The van der Waals surface area contributed by atoms with E-state index in [2.05, 4.69) is 88.0 Å². The van der Waals surface area contributed by atoms with Crippen molar-refractivity contribution >= 4 is 30.3 Å². The summed E-state index contributed by atoms with van der Waals surface area (Å²) in [7, 11) is -2.34. The molecule has 0 saturated heterocycles. The van der Waals surface area contributed by atoms with E-state index in [4.69, 9.17) is 0 Å². The highest BCUT2D eigenvalue weighted by Crippen LogP contribution is 2.40. The third-order valence-electron chi connectivity index (χ3n) is 5.87. The largest absolute Gasteiger partial charge is 0.290 e.